The highest BCUT2D eigenvalue weighted by molar-refractivity contribution is 5.26. The van der Waals surface area contributed by atoms with Gasteiger partial charge in [-0.2, -0.15) is 0 Å². The number of hydrogen-bond donors (Lipinski definition) is 1. The largest absolute Gasteiger partial charge is 0.392 e. The number of aliphatic hydroxyl groups is 1. The standard InChI is InChI=1S/C17H26O/c1-3-14-8-10-15(11-9-14)17(18)12-16-7-5-4-6-13(16)2/h4-7,14-15,17-18H,3,8-12H2,1-2H3. The summed E-state index contributed by atoms with van der Waals surface area (Å²) >= 11 is 0. The molecule has 1 aromatic carbocycles. The molecule has 18 heavy (non-hydrogen) atoms. The van der Waals surface area contributed by atoms with Crippen molar-refractivity contribution >= 4 is 0 Å². The van der Waals surface area contributed by atoms with E-state index in [1.54, 1.807) is 0 Å². The van der Waals surface area contributed by atoms with Crippen LogP contribution in [0, 0.1) is 18.8 Å². The Hall–Kier alpha value is -0.820. The van der Waals surface area contributed by atoms with Crippen molar-refractivity contribution in [1.29, 1.82) is 0 Å². The van der Waals surface area contributed by atoms with Gasteiger partial charge in [0.05, 0.1) is 6.10 Å². The molecule has 0 spiro atoms. The van der Waals surface area contributed by atoms with Gasteiger partial charge in [-0.1, -0.05) is 50.5 Å². The third-order valence-corrected chi connectivity index (χ3v) is 4.70. The van der Waals surface area contributed by atoms with E-state index < -0.39 is 0 Å². The predicted molar refractivity (Wildman–Crippen MR) is 76.6 cm³/mol. The number of aliphatic hydroxyl groups excluding tert-OH is 1. The first-order chi connectivity index (χ1) is 8.70. The smallest absolute Gasteiger partial charge is 0.0608 e. The van der Waals surface area contributed by atoms with E-state index in [1.165, 1.54) is 43.2 Å². The second-order valence-corrected chi connectivity index (χ2v) is 5.89. The molecule has 0 amide bonds. The molecule has 1 aliphatic rings. The molecular weight excluding hydrogens is 220 g/mol. The van der Waals surface area contributed by atoms with Crippen molar-refractivity contribution in [3.05, 3.63) is 35.4 Å². The molecule has 0 aliphatic heterocycles. The lowest BCUT2D eigenvalue weighted by molar-refractivity contribution is 0.0734. The van der Waals surface area contributed by atoms with Crippen molar-refractivity contribution in [1.82, 2.24) is 0 Å². The van der Waals surface area contributed by atoms with Gasteiger partial charge < -0.3 is 5.11 Å². The lowest BCUT2D eigenvalue weighted by atomic mass is 9.77. The quantitative estimate of drug-likeness (QED) is 0.847. The molecule has 0 aromatic heterocycles. The van der Waals surface area contributed by atoms with Gasteiger partial charge in [-0.3, -0.25) is 0 Å². The van der Waals surface area contributed by atoms with Crippen molar-refractivity contribution in [2.75, 3.05) is 0 Å². The minimum Gasteiger partial charge on any atom is -0.392 e. The van der Waals surface area contributed by atoms with Gasteiger partial charge >= 0.3 is 0 Å². The van der Waals surface area contributed by atoms with Crippen LogP contribution in [0.15, 0.2) is 24.3 Å². The highest BCUT2D eigenvalue weighted by Crippen LogP contribution is 2.33. The van der Waals surface area contributed by atoms with Crippen LogP contribution in [0.25, 0.3) is 0 Å². The van der Waals surface area contributed by atoms with Crippen molar-refractivity contribution in [3.8, 4) is 0 Å². The maximum absolute atomic E-state index is 10.4. The zero-order valence-electron chi connectivity index (χ0n) is 11.7. The SMILES string of the molecule is CCC1CCC(C(O)Cc2ccccc2C)CC1. The Bertz CT molecular complexity index is 364. The van der Waals surface area contributed by atoms with Crippen LogP contribution in [0.3, 0.4) is 0 Å². The minimum atomic E-state index is -0.149. The number of rotatable bonds is 4. The van der Waals surface area contributed by atoms with Crippen molar-refractivity contribution in [2.45, 2.75) is 58.5 Å². The van der Waals surface area contributed by atoms with Crippen LogP contribution >= 0.6 is 0 Å². The molecule has 0 bridgehead atoms. The van der Waals surface area contributed by atoms with Crippen LogP contribution in [0.1, 0.15) is 50.2 Å². The molecule has 100 valence electrons. The Morgan fingerprint density at radius 3 is 2.44 bits per heavy atom. The highest BCUT2D eigenvalue weighted by atomic mass is 16.3. The van der Waals surface area contributed by atoms with Gasteiger partial charge in [0.25, 0.3) is 0 Å². The zero-order chi connectivity index (χ0) is 13.0. The molecule has 1 aliphatic carbocycles. The second-order valence-electron chi connectivity index (χ2n) is 5.89. The summed E-state index contributed by atoms with van der Waals surface area (Å²) in [5, 5.41) is 10.4. The Morgan fingerprint density at radius 1 is 1.17 bits per heavy atom. The molecule has 0 heterocycles. The van der Waals surface area contributed by atoms with Crippen molar-refractivity contribution in [3.63, 3.8) is 0 Å². The Morgan fingerprint density at radius 2 is 1.83 bits per heavy atom. The lowest BCUT2D eigenvalue weighted by Gasteiger charge is -2.31. The van der Waals surface area contributed by atoms with Crippen LogP contribution in [0.5, 0.6) is 0 Å². The normalized spacial score (nSPS) is 25.9. The third kappa shape index (κ3) is 3.35. The lowest BCUT2D eigenvalue weighted by Crippen LogP contribution is -2.27. The number of hydrogen-bond acceptors (Lipinski definition) is 1. The fraction of sp³-hybridized carbons (Fsp3) is 0.647. The highest BCUT2D eigenvalue weighted by Gasteiger charge is 2.25. The second kappa shape index (κ2) is 6.38. The van der Waals surface area contributed by atoms with E-state index in [1.807, 2.05) is 0 Å². The van der Waals surface area contributed by atoms with E-state index in [0.29, 0.717) is 5.92 Å². The molecule has 0 radical (unpaired) electrons. The first-order valence-corrected chi connectivity index (χ1v) is 7.43. The van der Waals surface area contributed by atoms with Crippen LogP contribution in [0.2, 0.25) is 0 Å². The minimum absolute atomic E-state index is 0.149. The molecule has 1 aromatic rings. The van der Waals surface area contributed by atoms with Crippen molar-refractivity contribution in [2.24, 2.45) is 11.8 Å². The van der Waals surface area contributed by atoms with Crippen molar-refractivity contribution < 1.29 is 5.11 Å². The monoisotopic (exact) mass is 246 g/mol. The fourth-order valence-corrected chi connectivity index (χ4v) is 3.21. The predicted octanol–water partition coefficient (Wildman–Crippen LogP) is 4.11. The Labute approximate surface area is 111 Å². The first-order valence-electron chi connectivity index (χ1n) is 7.43. The number of aryl methyl sites for hydroxylation is 1. The summed E-state index contributed by atoms with van der Waals surface area (Å²) in [6.07, 6.45) is 7.04. The van der Waals surface area contributed by atoms with Gasteiger partial charge in [0, 0.05) is 0 Å². The molecule has 1 fully saturated rings. The summed E-state index contributed by atoms with van der Waals surface area (Å²) in [5.74, 6) is 1.43. The molecule has 2 rings (SSSR count). The summed E-state index contributed by atoms with van der Waals surface area (Å²) in [5.41, 5.74) is 2.61. The zero-order valence-corrected chi connectivity index (χ0v) is 11.7. The molecule has 1 N–H and O–H groups in total. The molecule has 1 saturated carbocycles. The molecule has 1 unspecified atom stereocenters. The van der Waals surface area contributed by atoms with Crippen LogP contribution in [-0.4, -0.2) is 11.2 Å². The summed E-state index contributed by atoms with van der Waals surface area (Å²) in [6.45, 7) is 4.42. The van der Waals surface area contributed by atoms with Gasteiger partial charge in [0.1, 0.15) is 0 Å². The molecular formula is C17H26O. The van der Waals surface area contributed by atoms with E-state index in [-0.39, 0.29) is 6.10 Å². The summed E-state index contributed by atoms with van der Waals surface area (Å²) < 4.78 is 0. The van der Waals surface area contributed by atoms with Gasteiger partial charge in [-0.25, -0.2) is 0 Å². The maximum atomic E-state index is 10.4. The van der Waals surface area contributed by atoms with Crippen LogP contribution in [-0.2, 0) is 6.42 Å². The van der Waals surface area contributed by atoms with Crippen LogP contribution < -0.4 is 0 Å². The average molecular weight is 246 g/mol. The molecule has 0 saturated heterocycles. The molecule has 1 heteroatoms. The third-order valence-electron chi connectivity index (χ3n) is 4.70. The first kappa shape index (κ1) is 13.6. The Balaban J connectivity index is 1.89. The average Bonchev–Trinajstić information content (AvgIpc) is 2.41. The summed E-state index contributed by atoms with van der Waals surface area (Å²) in [6, 6.07) is 8.42. The van der Waals surface area contributed by atoms with Gasteiger partial charge in [-0.15, -0.1) is 0 Å². The van der Waals surface area contributed by atoms with E-state index >= 15 is 0 Å². The van der Waals surface area contributed by atoms with Crippen LogP contribution in [0.4, 0.5) is 0 Å². The van der Waals surface area contributed by atoms with Gasteiger partial charge in [0.2, 0.25) is 0 Å². The van der Waals surface area contributed by atoms with Gasteiger partial charge in [-0.05, 0) is 49.1 Å². The molecule has 1 nitrogen and oxygen atoms in total. The van der Waals surface area contributed by atoms with E-state index in [4.69, 9.17) is 0 Å². The topological polar surface area (TPSA) is 20.2 Å². The van der Waals surface area contributed by atoms with E-state index in [2.05, 4.69) is 38.1 Å². The van der Waals surface area contributed by atoms with E-state index in [9.17, 15) is 5.11 Å². The maximum Gasteiger partial charge on any atom is 0.0608 e. The Kier molecular flexibility index (Phi) is 4.82. The number of benzene rings is 1. The van der Waals surface area contributed by atoms with E-state index in [0.717, 1.165) is 12.3 Å². The fourth-order valence-electron chi connectivity index (χ4n) is 3.21. The molecule has 1 atom stereocenters. The van der Waals surface area contributed by atoms with Gasteiger partial charge in [0.15, 0.2) is 0 Å². The summed E-state index contributed by atoms with van der Waals surface area (Å²) in [4.78, 5) is 0. The summed E-state index contributed by atoms with van der Waals surface area (Å²) in [7, 11) is 0.